The number of carbonyl (C=O) groups is 2. The highest BCUT2D eigenvalue weighted by Crippen LogP contribution is 2.24. The zero-order valence-electron chi connectivity index (χ0n) is 11.8. The van der Waals surface area contributed by atoms with Crippen molar-refractivity contribution < 1.29 is 19.1 Å². The van der Waals surface area contributed by atoms with E-state index < -0.39 is 12.0 Å². The van der Waals surface area contributed by atoms with E-state index in [2.05, 4.69) is 0 Å². The van der Waals surface area contributed by atoms with Gasteiger partial charge in [0.2, 0.25) is 0 Å². The first-order valence-corrected chi connectivity index (χ1v) is 6.77. The number of likely N-dealkylation sites (tertiary alicyclic amines) is 1. The number of amides is 2. The summed E-state index contributed by atoms with van der Waals surface area (Å²) in [6.07, 6.45) is 3.23. The molecule has 110 valence electrons. The van der Waals surface area contributed by atoms with E-state index in [1.165, 1.54) is 9.80 Å². The summed E-state index contributed by atoms with van der Waals surface area (Å²) >= 11 is 0. The maximum atomic E-state index is 12.4. The Labute approximate surface area is 118 Å². The van der Waals surface area contributed by atoms with Crippen molar-refractivity contribution in [2.24, 2.45) is 5.92 Å². The first kappa shape index (κ1) is 14.4. The van der Waals surface area contributed by atoms with E-state index in [-0.39, 0.29) is 11.9 Å². The minimum absolute atomic E-state index is 0.0257. The van der Waals surface area contributed by atoms with E-state index in [1.807, 2.05) is 6.92 Å². The molecule has 1 N–H and O–H groups in total. The zero-order valence-corrected chi connectivity index (χ0v) is 11.8. The lowest BCUT2D eigenvalue weighted by Gasteiger charge is -2.39. The SMILES string of the molecule is CC1CCCN(C(=O)N(C)Cc2ccco2)C1C(=O)O. The van der Waals surface area contributed by atoms with E-state index in [1.54, 1.807) is 25.4 Å². The largest absolute Gasteiger partial charge is 0.480 e. The fourth-order valence-corrected chi connectivity index (χ4v) is 2.70. The molecule has 6 nitrogen and oxygen atoms in total. The van der Waals surface area contributed by atoms with Crippen molar-refractivity contribution in [2.45, 2.75) is 32.4 Å². The second-order valence-electron chi connectivity index (χ2n) is 5.31. The molecule has 0 aromatic carbocycles. The molecule has 1 aliphatic heterocycles. The predicted molar refractivity (Wildman–Crippen MR) is 72.1 cm³/mol. The molecular weight excluding hydrogens is 260 g/mol. The third-order valence-electron chi connectivity index (χ3n) is 3.73. The van der Waals surface area contributed by atoms with E-state index >= 15 is 0 Å². The van der Waals surface area contributed by atoms with Gasteiger partial charge in [0, 0.05) is 13.6 Å². The second-order valence-corrected chi connectivity index (χ2v) is 5.31. The molecule has 0 saturated carbocycles. The average Bonchev–Trinajstić information content (AvgIpc) is 2.89. The van der Waals surface area contributed by atoms with Gasteiger partial charge in [-0.2, -0.15) is 0 Å². The van der Waals surface area contributed by atoms with Gasteiger partial charge in [0.25, 0.3) is 0 Å². The number of furan rings is 1. The molecule has 0 radical (unpaired) electrons. The summed E-state index contributed by atoms with van der Waals surface area (Å²) in [6.45, 7) is 2.70. The predicted octanol–water partition coefficient (Wildman–Crippen LogP) is 2.02. The van der Waals surface area contributed by atoms with Crippen LogP contribution in [-0.2, 0) is 11.3 Å². The number of nitrogens with zero attached hydrogens (tertiary/aromatic N) is 2. The van der Waals surface area contributed by atoms with Gasteiger partial charge in [0.1, 0.15) is 11.8 Å². The maximum Gasteiger partial charge on any atom is 0.326 e. The van der Waals surface area contributed by atoms with Gasteiger partial charge in [-0.25, -0.2) is 9.59 Å². The monoisotopic (exact) mass is 280 g/mol. The van der Waals surface area contributed by atoms with Gasteiger partial charge < -0.3 is 19.3 Å². The molecule has 20 heavy (non-hydrogen) atoms. The normalized spacial score (nSPS) is 22.6. The van der Waals surface area contributed by atoms with E-state index in [0.717, 1.165) is 12.8 Å². The molecule has 2 unspecified atom stereocenters. The van der Waals surface area contributed by atoms with Crippen LogP contribution in [0.3, 0.4) is 0 Å². The van der Waals surface area contributed by atoms with Crippen molar-refractivity contribution in [3.63, 3.8) is 0 Å². The number of carboxylic acid groups (broad SMARTS) is 1. The molecular formula is C14H20N2O4. The Bertz CT molecular complexity index is 472. The third-order valence-corrected chi connectivity index (χ3v) is 3.73. The van der Waals surface area contributed by atoms with Crippen LogP contribution in [0.4, 0.5) is 4.79 Å². The highest BCUT2D eigenvalue weighted by molar-refractivity contribution is 5.83. The molecule has 2 amide bonds. The van der Waals surface area contributed by atoms with Crippen LogP contribution in [-0.4, -0.2) is 46.5 Å². The lowest BCUT2D eigenvalue weighted by Crippen LogP contribution is -2.55. The average molecular weight is 280 g/mol. The van der Waals surface area contributed by atoms with E-state index in [4.69, 9.17) is 4.42 Å². The van der Waals surface area contributed by atoms with Gasteiger partial charge in [-0.3, -0.25) is 0 Å². The zero-order chi connectivity index (χ0) is 14.7. The van der Waals surface area contributed by atoms with Crippen LogP contribution >= 0.6 is 0 Å². The summed E-state index contributed by atoms with van der Waals surface area (Å²) in [5.74, 6) is -0.281. The first-order chi connectivity index (χ1) is 9.50. The highest BCUT2D eigenvalue weighted by Gasteiger charge is 2.38. The van der Waals surface area contributed by atoms with Crippen LogP contribution in [0.15, 0.2) is 22.8 Å². The Morgan fingerprint density at radius 2 is 2.30 bits per heavy atom. The molecule has 0 bridgehead atoms. The third kappa shape index (κ3) is 2.95. The topological polar surface area (TPSA) is 74.0 Å². The van der Waals surface area contributed by atoms with Crippen LogP contribution in [0.2, 0.25) is 0 Å². The first-order valence-electron chi connectivity index (χ1n) is 6.77. The van der Waals surface area contributed by atoms with Crippen molar-refractivity contribution in [1.29, 1.82) is 0 Å². The van der Waals surface area contributed by atoms with Gasteiger partial charge in [0.15, 0.2) is 0 Å². The Hall–Kier alpha value is -1.98. The van der Waals surface area contributed by atoms with Crippen LogP contribution in [0.5, 0.6) is 0 Å². The minimum atomic E-state index is -0.933. The van der Waals surface area contributed by atoms with Crippen molar-refractivity contribution in [2.75, 3.05) is 13.6 Å². The van der Waals surface area contributed by atoms with Gasteiger partial charge in [0.05, 0.1) is 12.8 Å². The van der Waals surface area contributed by atoms with Crippen LogP contribution in [0, 0.1) is 5.92 Å². The fourth-order valence-electron chi connectivity index (χ4n) is 2.70. The molecule has 1 aromatic heterocycles. The summed E-state index contributed by atoms with van der Waals surface area (Å²) in [4.78, 5) is 26.8. The molecule has 1 aliphatic rings. The fraction of sp³-hybridized carbons (Fsp3) is 0.571. The Kier molecular flexibility index (Phi) is 4.32. The van der Waals surface area contributed by atoms with Crippen molar-refractivity contribution in [1.82, 2.24) is 9.80 Å². The number of piperidine rings is 1. The van der Waals surface area contributed by atoms with Gasteiger partial charge in [-0.15, -0.1) is 0 Å². The number of carbonyl (C=O) groups excluding carboxylic acids is 1. The lowest BCUT2D eigenvalue weighted by atomic mass is 9.91. The van der Waals surface area contributed by atoms with E-state index in [0.29, 0.717) is 18.8 Å². The molecule has 0 aliphatic carbocycles. The van der Waals surface area contributed by atoms with Crippen LogP contribution in [0.1, 0.15) is 25.5 Å². The number of aliphatic carboxylic acids is 1. The number of carboxylic acids is 1. The summed E-state index contributed by atoms with van der Waals surface area (Å²) in [5.41, 5.74) is 0. The molecule has 2 rings (SSSR count). The van der Waals surface area contributed by atoms with Gasteiger partial charge in [-0.05, 0) is 30.9 Å². The van der Waals surface area contributed by atoms with Crippen molar-refractivity contribution in [3.05, 3.63) is 24.2 Å². The highest BCUT2D eigenvalue weighted by atomic mass is 16.4. The van der Waals surface area contributed by atoms with Gasteiger partial charge in [-0.1, -0.05) is 6.92 Å². The van der Waals surface area contributed by atoms with Crippen LogP contribution < -0.4 is 0 Å². The van der Waals surface area contributed by atoms with Crippen molar-refractivity contribution in [3.8, 4) is 0 Å². The van der Waals surface area contributed by atoms with Gasteiger partial charge >= 0.3 is 12.0 Å². The summed E-state index contributed by atoms with van der Waals surface area (Å²) in [5, 5.41) is 9.34. The van der Waals surface area contributed by atoms with E-state index in [9.17, 15) is 14.7 Å². The molecule has 1 aromatic rings. The quantitative estimate of drug-likeness (QED) is 0.919. The molecule has 2 heterocycles. The molecule has 1 saturated heterocycles. The van der Waals surface area contributed by atoms with Crippen molar-refractivity contribution >= 4 is 12.0 Å². The lowest BCUT2D eigenvalue weighted by molar-refractivity contribution is -0.145. The summed E-state index contributed by atoms with van der Waals surface area (Å²) in [6, 6.07) is 2.55. The van der Waals surface area contributed by atoms with Crippen LogP contribution in [0.25, 0.3) is 0 Å². The Morgan fingerprint density at radius 3 is 2.90 bits per heavy atom. The smallest absolute Gasteiger partial charge is 0.326 e. The Morgan fingerprint density at radius 1 is 1.55 bits per heavy atom. The Balaban J connectivity index is 2.07. The number of rotatable bonds is 3. The summed E-state index contributed by atoms with van der Waals surface area (Å²) < 4.78 is 5.21. The molecule has 1 fully saturated rings. The number of hydrogen-bond donors (Lipinski definition) is 1. The minimum Gasteiger partial charge on any atom is -0.480 e. The molecule has 0 spiro atoms. The number of hydrogen-bond acceptors (Lipinski definition) is 3. The second kappa shape index (κ2) is 5.98. The number of urea groups is 1. The maximum absolute atomic E-state index is 12.4. The molecule has 6 heteroatoms. The molecule has 2 atom stereocenters. The standard InChI is InChI=1S/C14H20N2O4/c1-10-5-3-7-16(12(10)13(17)18)14(19)15(2)9-11-6-4-8-20-11/h4,6,8,10,12H,3,5,7,9H2,1-2H3,(H,17,18). The summed E-state index contributed by atoms with van der Waals surface area (Å²) in [7, 11) is 1.66.